The van der Waals surface area contributed by atoms with Gasteiger partial charge < -0.3 is 5.73 Å². The Bertz CT molecular complexity index is 307. The maximum absolute atomic E-state index is 6.16. The second kappa shape index (κ2) is 5.30. The Kier molecular flexibility index (Phi) is 4.03. The monoisotopic (exact) mass is 315 g/mol. The van der Waals surface area contributed by atoms with Crippen LogP contribution in [-0.2, 0) is 6.42 Å². The van der Waals surface area contributed by atoms with Crippen molar-refractivity contribution in [2.45, 2.75) is 38.1 Å². The van der Waals surface area contributed by atoms with Crippen LogP contribution in [0, 0.1) is 9.49 Å². The van der Waals surface area contributed by atoms with Crippen LogP contribution in [0.4, 0.5) is 0 Å². The molecule has 2 rings (SSSR count). The summed E-state index contributed by atoms with van der Waals surface area (Å²) in [5.41, 5.74) is 7.60. The first-order valence-electron chi connectivity index (χ1n) is 5.76. The van der Waals surface area contributed by atoms with E-state index in [1.54, 1.807) is 0 Å². The van der Waals surface area contributed by atoms with Crippen molar-refractivity contribution in [3.05, 3.63) is 33.4 Å². The van der Waals surface area contributed by atoms with Gasteiger partial charge in [0.15, 0.2) is 0 Å². The summed E-state index contributed by atoms with van der Waals surface area (Å²) in [4.78, 5) is 0. The summed E-state index contributed by atoms with van der Waals surface area (Å²) in [6, 6.07) is 9.28. The fourth-order valence-electron chi connectivity index (χ4n) is 2.41. The zero-order valence-electron chi connectivity index (χ0n) is 8.95. The molecule has 0 radical (unpaired) electrons. The SMILES string of the molecule is NC1CCCCC1Cc1ccc(I)cc1. The van der Waals surface area contributed by atoms with Crippen LogP contribution in [0.5, 0.6) is 0 Å². The highest BCUT2D eigenvalue weighted by molar-refractivity contribution is 14.1. The predicted molar refractivity (Wildman–Crippen MR) is 72.8 cm³/mol. The molecule has 1 aliphatic rings. The molecule has 1 aromatic rings. The number of rotatable bonds is 2. The van der Waals surface area contributed by atoms with Crippen LogP contribution in [0.25, 0.3) is 0 Å². The van der Waals surface area contributed by atoms with E-state index in [0.29, 0.717) is 12.0 Å². The quantitative estimate of drug-likeness (QED) is 0.832. The van der Waals surface area contributed by atoms with Gasteiger partial charge in [-0.25, -0.2) is 0 Å². The minimum atomic E-state index is 0.429. The van der Waals surface area contributed by atoms with Crippen LogP contribution in [0.15, 0.2) is 24.3 Å². The minimum absolute atomic E-state index is 0.429. The van der Waals surface area contributed by atoms with Gasteiger partial charge in [-0.3, -0.25) is 0 Å². The molecule has 1 nitrogen and oxygen atoms in total. The largest absolute Gasteiger partial charge is 0.327 e. The van der Waals surface area contributed by atoms with Crippen molar-refractivity contribution in [1.82, 2.24) is 0 Å². The molecule has 2 heteroatoms. The first kappa shape index (κ1) is 11.4. The molecule has 1 fully saturated rings. The first-order chi connectivity index (χ1) is 7.25. The zero-order chi connectivity index (χ0) is 10.7. The summed E-state index contributed by atoms with van der Waals surface area (Å²) in [5, 5.41) is 0. The van der Waals surface area contributed by atoms with E-state index in [1.165, 1.54) is 34.8 Å². The van der Waals surface area contributed by atoms with E-state index in [-0.39, 0.29) is 0 Å². The van der Waals surface area contributed by atoms with Gasteiger partial charge in [-0.15, -0.1) is 0 Å². The smallest absolute Gasteiger partial charge is 0.0130 e. The van der Waals surface area contributed by atoms with Gasteiger partial charge in [0, 0.05) is 9.61 Å². The van der Waals surface area contributed by atoms with Crippen molar-refractivity contribution in [2.75, 3.05) is 0 Å². The van der Waals surface area contributed by atoms with E-state index in [0.717, 1.165) is 6.42 Å². The topological polar surface area (TPSA) is 26.0 Å². The highest BCUT2D eigenvalue weighted by Crippen LogP contribution is 2.26. The number of benzene rings is 1. The third-order valence-electron chi connectivity index (χ3n) is 3.38. The van der Waals surface area contributed by atoms with Crippen molar-refractivity contribution in [3.63, 3.8) is 0 Å². The molecule has 0 saturated heterocycles. The maximum Gasteiger partial charge on any atom is 0.0130 e. The second-order valence-corrected chi connectivity index (χ2v) is 5.78. The number of hydrogen-bond acceptors (Lipinski definition) is 1. The van der Waals surface area contributed by atoms with Gasteiger partial charge in [-0.1, -0.05) is 25.0 Å². The molecule has 0 amide bonds. The second-order valence-electron chi connectivity index (χ2n) is 4.54. The van der Waals surface area contributed by atoms with Gasteiger partial charge in [0.2, 0.25) is 0 Å². The Balaban J connectivity index is 1.98. The molecular weight excluding hydrogens is 297 g/mol. The molecule has 1 aromatic carbocycles. The van der Waals surface area contributed by atoms with E-state index in [1.807, 2.05) is 0 Å². The first-order valence-corrected chi connectivity index (χ1v) is 6.83. The van der Waals surface area contributed by atoms with Crippen LogP contribution in [0.1, 0.15) is 31.2 Å². The fourth-order valence-corrected chi connectivity index (χ4v) is 2.77. The molecule has 2 N–H and O–H groups in total. The summed E-state index contributed by atoms with van der Waals surface area (Å²) < 4.78 is 1.31. The van der Waals surface area contributed by atoms with Crippen molar-refractivity contribution in [1.29, 1.82) is 0 Å². The van der Waals surface area contributed by atoms with Gasteiger partial charge in [0.05, 0.1) is 0 Å². The van der Waals surface area contributed by atoms with E-state index in [4.69, 9.17) is 5.73 Å². The molecule has 82 valence electrons. The Morgan fingerprint density at radius 2 is 1.80 bits per heavy atom. The van der Waals surface area contributed by atoms with E-state index in [2.05, 4.69) is 46.9 Å². The van der Waals surface area contributed by atoms with Crippen molar-refractivity contribution in [3.8, 4) is 0 Å². The van der Waals surface area contributed by atoms with Gasteiger partial charge in [-0.2, -0.15) is 0 Å². The van der Waals surface area contributed by atoms with Crippen molar-refractivity contribution >= 4 is 22.6 Å². The molecule has 0 bridgehead atoms. The van der Waals surface area contributed by atoms with E-state index < -0.39 is 0 Å². The van der Waals surface area contributed by atoms with Crippen LogP contribution in [0.3, 0.4) is 0 Å². The van der Waals surface area contributed by atoms with Gasteiger partial charge >= 0.3 is 0 Å². The normalized spacial score (nSPS) is 26.5. The number of nitrogens with two attached hydrogens (primary N) is 1. The van der Waals surface area contributed by atoms with E-state index >= 15 is 0 Å². The molecule has 0 spiro atoms. The van der Waals surface area contributed by atoms with Crippen LogP contribution >= 0.6 is 22.6 Å². The fraction of sp³-hybridized carbons (Fsp3) is 0.538. The minimum Gasteiger partial charge on any atom is -0.327 e. The Labute approximate surface area is 106 Å². The number of hydrogen-bond donors (Lipinski definition) is 1. The molecule has 2 unspecified atom stereocenters. The van der Waals surface area contributed by atoms with Crippen LogP contribution in [-0.4, -0.2) is 6.04 Å². The predicted octanol–water partition coefficient (Wildman–Crippen LogP) is 3.35. The lowest BCUT2D eigenvalue weighted by atomic mass is 9.81. The summed E-state index contributed by atoms with van der Waals surface area (Å²) in [6.45, 7) is 0. The van der Waals surface area contributed by atoms with Gasteiger partial charge in [0.25, 0.3) is 0 Å². The van der Waals surface area contributed by atoms with E-state index in [9.17, 15) is 0 Å². The lowest BCUT2D eigenvalue weighted by Gasteiger charge is -2.28. The molecule has 0 aliphatic heterocycles. The van der Waals surface area contributed by atoms with Crippen molar-refractivity contribution < 1.29 is 0 Å². The molecule has 2 atom stereocenters. The average molecular weight is 315 g/mol. The highest BCUT2D eigenvalue weighted by atomic mass is 127. The lowest BCUT2D eigenvalue weighted by molar-refractivity contribution is 0.306. The highest BCUT2D eigenvalue weighted by Gasteiger charge is 2.21. The van der Waals surface area contributed by atoms with Gasteiger partial charge in [0.1, 0.15) is 0 Å². The average Bonchev–Trinajstić information content (AvgIpc) is 2.25. The molecule has 15 heavy (non-hydrogen) atoms. The summed E-state index contributed by atoms with van der Waals surface area (Å²) in [5.74, 6) is 0.707. The Hall–Kier alpha value is -0.0900. The molecular formula is C13H18IN. The lowest BCUT2D eigenvalue weighted by Crippen LogP contribution is -2.34. The van der Waals surface area contributed by atoms with Crippen molar-refractivity contribution in [2.24, 2.45) is 11.7 Å². The van der Waals surface area contributed by atoms with Crippen LogP contribution < -0.4 is 5.73 Å². The molecule has 0 aromatic heterocycles. The number of halogens is 1. The standard InChI is InChI=1S/C13H18IN/c14-12-7-5-10(6-8-12)9-11-3-1-2-4-13(11)15/h5-8,11,13H,1-4,9,15H2. The van der Waals surface area contributed by atoms with Gasteiger partial charge in [-0.05, 0) is 65.5 Å². The summed E-state index contributed by atoms with van der Waals surface area (Å²) >= 11 is 2.35. The molecule has 1 aliphatic carbocycles. The molecule has 1 saturated carbocycles. The third-order valence-corrected chi connectivity index (χ3v) is 4.10. The molecule has 0 heterocycles. The third kappa shape index (κ3) is 3.18. The Morgan fingerprint density at radius 3 is 2.47 bits per heavy atom. The summed E-state index contributed by atoms with van der Waals surface area (Å²) in [6.07, 6.45) is 6.38. The van der Waals surface area contributed by atoms with Crippen LogP contribution in [0.2, 0.25) is 0 Å². The Morgan fingerprint density at radius 1 is 1.13 bits per heavy atom. The zero-order valence-corrected chi connectivity index (χ0v) is 11.1. The maximum atomic E-state index is 6.16. The summed E-state index contributed by atoms with van der Waals surface area (Å²) in [7, 11) is 0.